The van der Waals surface area contributed by atoms with Crippen molar-refractivity contribution in [2.75, 3.05) is 33.2 Å². The van der Waals surface area contributed by atoms with Gasteiger partial charge in [-0.3, -0.25) is 9.69 Å². The van der Waals surface area contributed by atoms with Crippen molar-refractivity contribution in [1.82, 2.24) is 10.2 Å². The highest BCUT2D eigenvalue weighted by Crippen LogP contribution is 2.09. The number of furan rings is 1. The molecule has 4 nitrogen and oxygen atoms in total. The predicted molar refractivity (Wildman–Crippen MR) is 61.5 cm³/mol. The van der Waals surface area contributed by atoms with E-state index in [1.165, 1.54) is 12.7 Å². The minimum atomic E-state index is 0.0541. The number of rotatable bonds is 5. The zero-order valence-corrected chi connectivity index (χ0v) is 9.61. The van der Waals surface area contributed by atoms with E-state index < -0.39 is 0 Å². The van der Waals surface area contributed by atoms with Crippen LogP contribution in [0.5, 0.6) is 0 Å². The summed E-state index contributed by atoms with van der Waals surface area (Å²) in [5, 5.41) is 3.33. The van der Waals surface area contributed by atoms with Crippen LogP contribution < -0.4 is 5.32 Å². The first-order valence-electron chi connectivity index (χ1n) is 5.71. The largest absolute Gasteiger partial charge is 0.461 e. The van der Waals surface area contributed by atoms with Crippen LogP contribution in [-0.4, -0.2) is 43.9 Å². The average Bonchev–Trinajstić information content (AvgIpc) is 2.88. The number of carbonyl (C=O) groups excluding carboxylic acids is 1. The zero-order chi connectivity index (χ0) is 11.4. The Labute approximate surface area is 95.6 Å². The van der Waals surface area contributed by atoms with E-state index in [0.717, 1.165) is 19.6 Å². The Morgan fingerprint density at radius 2 is 2.56 bits per heavy atom. The number of nitrogens with zero attached hydrogens (tertiary/aromatic N) is 1. The molecule has 0 radical (unpaired) electrons. The maximum Gasteiger partial charge on any atom is 0.211 e. The van der Waals surface area contributed by atoms with Crippen LogP contribution in [0.15, 0.2) is 22.8 Å². The molecular formula is C12H18N2O2. The molecule has 1 saturated heterocycles. The molecule has 1 unspecified atom stereocenters. The molecule has 0 bridgehead atoms. The molecule has 0 saturated carbocycles. The summed E-state index contributed by atoms with van der Waals surface area (Å²) in [4.78, 5) is 13.8. The summed E-state index contributed by atoms with van der Waals surface area (Å²) < 4.78 is 5.08. The van der Waals surface area contributed by atoms with E-state index in [-0.39, 0.29) is 5.78 Å². The van der Waals surface area contributed by atoms with Crippen molar-refractivity contribution in [3.8, 4) is 0 Å². The van der Waals surface area contributed by atoms with Crippen LogP contribution in [0.1, 0.15) is 17.0 Å². The van der Waals surface area contributed by atoms with Crippen LogP contribution in [0, 0.1) is 5.92 Å². The highest BCUT2D eigenvalue weighted by atomic mass is 16.3. The molecule has 0 spiro atoms. The highest BCUT2D eigenvalue weighted by molar-refractivity contribution is 5.94. The van der Waals surface area contributed by atoms with Crippen molar-refractivity contribution in [3.63, 3.8) is 0 Å². The van der Waals surface area contributed by atoms with Crippen LogP contribution in [0.2, 0.25) is 0 Å². The number of hydrogen-bond acceptors (Lipinski definition) is 4. The molecule has 88 valence electrons. The van der Waals surface area contributed by atoms with Gasteiger partial charge in [0.05, 0.1) is 12.8 Å². The Balaban J connectivity index is 1.78. The Morgan fingerprint density at radius 1 is 1.69 bits per heavy atom. The summed E-state index contributed by atoms with van der Waals surface area (Å²) in [6, 6.07) is 3.46. The average molecular weight is 222 g/mol. The Morgan fingerprint density at radius 3 is 3.19 bits per heavy atom. The van der Waals surface area contributed by atoms with Crippen molar-refractivity contribution in [2.24, 2.45) is 5.92 Å². The van der Waals surface area contributed by atoms with Gasteiger partial charge < -0.3 is 9.73 Å². The monoisotopic (exact) mass is 222 g/mol. The van der Waals surface area contributed by atoms with Gasteiger partial charge in [0.1, 0.15) is 0 Å². The van der Waals surface area contributed by atoms with E-state index in [1.54, 1.807) is 12.1 Å². The second-order valence-electron chi connectivity index (χ2n) is 4.46. The molecular weight excluding hydrogens is 204 g/mol. The van der Waals surface area contributed by atoms with Gasteiger partial charge in [0.15, 0.2) is 5.76 Å². The topological polar surface area (TPSA) is 45.5 Å². The van der Waals surface area contributed by atoms with Gasteiger partial charge in [0.25, 0.3) is 0 Å². The lowest BCUT2D eigenvalue weighted by atomic mass is 10.1. The van der Waals surface area contributed by atoms with Crippen LogP contribution in [0.4, 0.5) is 0 Å². The molecule has 16 heavy (non-hydrogen) atoms. The van der Waals surface area contributed by atoms with E-state index >= 15 is 0 Å². The lowest BCUT2D eigenvalue weighted by Crippen LogP contribution is -2.31. The Hall–Kier alpha value is -1.13. The smallest absolute Gasteiger partial charge is 0.211 e. The quantitative estimate of drug-likeness (QED) is 0.755. The minimum Gasteiger partial charge on any atom is -0.461 e. The third-order valence-corrected chi connectivity index (χ3v) is 2.94. The second kappa shape index (κ2) is 5.27. The summed E-state index contributed by atoms with van der Waals surface area (Å²) in [5.74, 6) is 1.18. The molecule has 1 aliphatic rings. The molecule has 1 aromatic heterocycles. The molecule has 1 N–H and O–H groups in total. The van der Waals surface area contributed by atoms with Crippen molar-refractivity contribution in [2.45, 2.75) is 6.42 Å². The minimum absolute atomic E-state index is 0.0541. The summed E-state index contributed by atoms with van der Waals surface area (Å²) in [7, 11) is 1.99. The van der Waals surface area contributed by atoms with Gasteiger partial charge >= 0.3 is 0 Å². The summed E-state index contributed by atoms with van der Waals surface area (Å²) in [5.41, 5.74) is 0. The first kappa shape index (κ1) is 11.4. The standard InChI is InChI=1S/C12H18N2O2/c1-14(8-10-4-5-13-7-10)9-11(15)12-3-2-6-16-12/h2-3,6,10,13H,4-5,7-9H2,1H3. The van der Waals surface area contributed by atoms with E-state index in [4.69, 9.17) is 4.42 Å². The fourth-order valence-corrected chi connectivity index (χ4v) is 2.14. The third-order valence-electron chi connectivity index (χ3n) is 2.94. The molecule has 1 fully saturated rings. The number of Topliss-reactive ketones (excluding diaryl/α,β-unsaturated/α-hetero) is 1. The molecule has 4 heteroatoms. The molecule has 2 rings (SSSR count). The summed E-state index contributed by atoms with van der Waals surface area (Å²) >= 11 is 0. The third kappa shape index (κ3) is 2.93. The molecule has 1 aromatic rings. The maximum atomic E-state index is 11.7. The predicted octanol–water partition coefficient (Wildman–Crippen LogP) is 1.00. The molecule has 1 atom stereocenters. The highest BCUT2D eigenvalue weighted by Gasteiger charge is 2.18. The molecule has 1 aliphatic heterocycles. The zero-order valence-electron chi connectivity index (χ0n) is 9.61. The molecule has 0 amide bonds. The van der Waals surface area contributed by atoms with Gasteiger partial charge in [0.2, 0.25) is 5.78 Å². The first-order valence-corrected chi connectivity index (χ1v) is 5.71. The van der Waals surface area contributed by atoms with E-state index in [9.17, 15) is 4.79 Å². The van der Waals surface area contributed by atoms with E-state index in [1.807, 2.05) is 7.05 Å². The Bertz CT molecular complexity index is 329. The van der Waals surface area contributed by atoms with Crippen LogP contribution in [0.3, 0.4) is 0 Å². The van der Waals surface area contributed by atoms with E-state index in [2.05, 4.69) is 10.2 Å². The summed E-state index contributed by atoms with van der Waals surface area (Å²) in [6.45, 7) is 3.58. The van der Waals surface area contributed by atoms with Crippen molar-refractivity contribution in [3.05, 3.63) is 24.2 Å². The number of carbonyl (C=O) groups is 1. The molecule has 0 aromatic carbocycles. The molecule has 0 aliphatic carbocycles. The van der Waals surface area contributed by atoms with Crippen molar-refractivity contribution < 1.29 is 9.21 Å². The van der Waals surface area contributed by atoms with Crippen molar-refractivity contribution >= 4 is 5.78 Å². The van der Waals surface area contributed by atoms with Crippen LogP contribution in [0.25, 0.3) is 0 Å². The van der Waals surface area contributed by atoms with Gasteiger partial charge in [0, 0.05) is 6.54 Å². The lowest BCUT2D eigenvalue weighted by Gasteiger charge is -2.18. The van der Waals surface area contributed by atoms with Gasteiger partial charge in [-0.1, -0.05) is 0 Å². The van der Waals surface area contributed by atoms with Gasteiger partial charge in [-0.2, -0.15) is 0 Å². The van der Waals surface area contributed by atoms with Crippen molar-refractivity contribution in [1.29, 1.82) is 0 Å². The van der Waals surface area contributed by atoms with Crippen LogP contribution in [-0.2, 0) is 0 Å². The fourth-order valence-electron chi connectivity index (χ4n) is 2.14. The first-order chi connectivity index (χ1) is 7.75. The lowest BCUT2D eigenvalue weighted by molar-refractivity contribution is 0.0912. The van der Waals surface area contributed by atoms with Crippen LogP contribution >= 0.6 is 0 Å². The SMILES string of the molecule is CN(CC(=O)c1ccco1)CC1CCNC1. The number of hydrogen-bond donors (Lipinski definition) is 1. The van der Waals surface area contributed by atoms with Gasteiger partial charge in [-0.05, 0) is 44.6 Å². The number of likely N-dealkylation sites (N-methyl/N-ethyl adjacent to an activating group) is 1. The Kier molecular flexibility index (Phi) is 3.74. The number of nitrogens with one attached hydrogen (secondary N) is 1. The van der Waals surface area contributed by atoms with Gasteiger partial charge in [-0.25, -0.2) is 0 Å². The fraction of sp³-hybridized carbons (Fsp3) is 0.583. The van der Waals surface area contributed by atoms with E-state index in [0.29, 0.717) is 18.2 Å². The second-order valence-corrected chi connectivity index (χ2v) is 4.46. The number of ketones is 1. The summed E-state index contributed by atoms with van der Waals surface area (Å²) in [6.07, 6.45) is 2.74. The molecule has 2 heterocycles. The normalized spacial score (nSPS) is 20.5. The van der Waals surface area contributed by atoms with Gasteiger partial charge in [-0.15, -0.1) is 0 Å². The maximum absolute atomic E-state index is 11.7.